The van der Waals surface area contributed by atoms with E-state index in [1.807, 2.05) is 12.1 Å². The lowest BCUT2D eigenvalue weighted by atomic mass is 10.1. The molecule has 1 N–H and O–H groups in total. The second kappa shape index (κ2) is 4.58. The van der Waals surface area contributed by atoms with Crippen molar-refractivity contribution in [2.45, 2.75) is 26.9 Å². The fraction of sp³-hybridized carbons (Fsp3) is 0.500. The minimum atomic E-state index is -0.0478. The molecule has 0 amide bonds. The molecule has 0 aliphatic rings. The van der Waals surface area contributed by atoms with Gasteiger partial charge in [-0.2, -0.15) is 0 Å². The average molecular weight is 200 g/mol. The monoisotopic (exact) mass is 199 g/mol. The van der Waals surface area contributed by atoms with Crippen molar-refractivity contribution < 1.29 is 5.11 Å². The number of aliphatic hydroxyl groups excluding tert-OH is 1. The highest BCUT2D eigenvalue weighted by molar-refractivity contribution is 6.30. The second-order valence-electron chi connectivity index (χ2n) is 3.51. The number of nitrogens with zero attached hydrogens (tertiary/aromatic N) is 1. The van der Waals surface area contributed by atoms with Crippen LogP contribution in [0.1, 0.15) is 25.1 Å². The molecule has 72 valence electrons. The molecule has 0 unspecified atom stereocenters. The molecule has 0 saturated heterocycles. The van der Waals surface area contributed by atoms with Crippen LogP contribution < -0.4 is 0 Å². The maximum absolute atomic E-state index is 8.87. The van der Waals surface area contributed by atoms with Gasteiger partial charge in [0.2, 0.25) is 0 Å². The third-order valence-corrected chi connectivity index (χ3v) is 2.10. The molecule has 0 aliphatic heterocycles. The molecule has 0 fully saturated rings. The Morgan fingerprint density at radius 2 is 2.15 bits per heavy atom. The van der Waals surface area contributed by atoms with E-state index in [1.165, 1.54) is 0 Å². The molecular formula is C10H14ClNO. The van der Waals surface area contributed by atoms with E-state index in [2.05, 4.69) is 18.8 Å². The summed E-state index contributed by atoms with van der Waals surface area (Å²) >= 11 is 5.84. The van der Waals surface area contributed by atoms with Crippen molar-refractivity contribution in [1.29, 1.82) is 0 Å². The smallest absolute Gasteiger partial charge is 0.134 e. The number of aromatic nitrogens is 1. The molecule has 1 heterocycles. The molecule has 0 saturated carbocycles. The fourth-order valence-electron chi connectivity index (χ4n) is 1.15. The number of pyridine rings is 1. The van der Waals surface area contributed by atoms with Crippen LogP contribution in [-0.4, -0.2) is 10.1 Å². The minimum Gasteiger partial charge on any atom is -0.392 e. The van der Waals surface area contributed by atoms with Crippen LogP contribution >= 0.6 is 11.6 Å². The topological polar surface area (TPSA) is 33.1 Å². The summed E-state index contributed by atoms with van der Waals surface area (Å²) in [5, 5.41) is 9.28. The van der Waals surface area contributed by atoms with Gasteiger partial charge < -0.3 is 5.11 Å². The maximum Gasteiger partial charge on any atom is 0.134 e. The number of rotatable bonds is 3. The van der Waals surface area contributed by atoms with Gasteiger partial charge >= 0.3 is 0 Å². The lowest BCUT2D eigenvalue weighted by Gasteiger charge is -2.06. The van der Waals surface area contributed by atoms with E-state index >= 15 is 0 Å². The zero-order chi connectivity index (χ0) is 9.84. The van der Waals surface area contributed by atoms with Crippen molar-refractivity contribution in [2.24, 2.45) is 5.92 Å². The van der Waals surface area contributed by atoms with Crippen molar-refractivity contribution in [3.05, 3.63) is 28.5 Å². The first-order valence-electron chi connectivity index (χ1n) is 4.38. The quantitative estimate of drug-likeness (QED) is 0.759. The molecule has 1 aromatic heterocycles. The van der Waals surface area contributed by atoms with Crippen LogP contribution in [0.25, 0.3) is 0 Å². The number of hydrogen-bond donors (Lipinski definition) is 1. The normalized spacial score (nSPS) is 10.8. The molecule has 1 rings (SSSR count). The first-order valence-corrected chi connectivity index (χ1v) is 4.76. The highest BCUT2D eigenvalue weighted by Crippen LogP contribution is 2.15. The molecular weight excluding hydrogens is 186 g/mol. The molecule has 0 atom stereocenters. The van der Waals surface area contributed by atoms with Crippen LogP contribution in [0.4, 0.5) is 0 Å². The van der Waals surface area contributed by atoms with Gasteiger partial charge in [0, 0.05) is 11.3 Å². The lowest BCUT2D eigenvalue weighted by molar-refractivity contribution is 0.281. The summed E-state index contributed by atoms with van der Waals surface area (Å²) in [6.45, 7) is 4.22. The Balaban J connectivity index is 2.83. The zero-order valence-electron chi connectivity index (χ0n) is 7.92. The van der Waals surface area contributed by atoms with E-state index in [4.69, 9.17) is 16.7 Å². The van der Waals surface area contributed by atoms with Crippen molar-refractivity contribution in [2.75, 3.05) is 0 Å². The largest absolute Gasteiger partial charge is 0.392 e. The van der Waals surface area contributed by atoms with Gasteiger partial charge in [-0.3, -0.25) is 0 Å². The van der Waals surface area contributed by atoms with E-state index in [0.29, 0.717) is 16.6 Å². The summed E-state index contributed by atoms with van der Waals surface area (Å²) < 4.78 is 0. The van der Waals surface area contributed by atoms with E-state index < -0.39 is 0 Å². The van der Waals surface area contributed by atoms with E-state index in [0.717, 1.165) is 12.1 Å². The molecule has 2 nitrogen and oxygen atoms in total. The maximum atomic E-state index is 8.87. The Bertz CT molecular complexity index is 286. The van der Waals surface area contributed by atoms with E-state index in [9.17, 15) is 0 Å². The zero-order valence-corrected chi connectivity index (χ0v) is 8.67. The summed E-state index contributed by atoms with van der Waals surface area (Å²) in [7, 11) is 0. The van der Waals surface area contributed by atoms with Crippen molar-refractivity contribution in [1.82, 2.24) is 4.98 Å². The average Bonchev–Trinajstić information content (AvgIpc) is 2.03. The summed E-state index contributed by atoms with van der Waals surface area (Å²) in [6.07, 6.45) is 0.922. The molecule has 0 bridgehead atoms. The summed E-state index contributed by atoms with van der Waals surface area (Å²) in [6, 6.07) is 3.74. The van der Waals surface area contributed by atoms with E-state index in [-0.39, 0.29) is 6.61 Å². The number of hydrogen-bond acceptors (Lipinski definition) is 2. The van der Waals surface area contributed by atoms with Crippen LogP contribution in [0.3, 0.4) is 0 Å². The van der Waals surface area contributed by atoms with Gasteiger partial charge in [0.15, 0.2) is 0 Å². The van der Waals surface area contributed by atoms with Gasteiger partial charge in [0.1, 0.15) is 5.15 Å². The second-order valence-corrected chi connectivity index (χ2v) is 3.87. The summed E-state index contributed by atoms with van der Waals surface area (Å²) in [5.74, 6) is 0.573. The third kappa shape index (κ3) is 2.98. The highest BCUT2D eigenvalue weighted by Gasteiger charge is 2.03. The van der Waals surface area contributed by atoms with Gasteiger partial charge in [0.25, 0.3) is 0 Å². The first-order chi connectivity index (χ1) is 6.13. The standard InChI is InChI=1S/C10H14ClNO/c1-7(2)5-9-4-3-8(6-13)10(11)12-9/h3-4,7,13H,5-6H2,1-2H3. The van der Waals surface area contributed by atoms with Crippen LogP contribution in [-0.2, 0) is 13.0 Å². The highest BCUT2D eigenvalue weighted by atomic mass is 35.5. The third-order valence-electron chi connectivity index (χ3n) is 1.77. The van der Waals surface area contributed by atoms with Gasteiger partial charge in [-0.25, -0.2) is 4.98 Å². The Hall–Kier alpha value is -0.600. The molecule has 0 radical (unpaired) electrons. The lowest BCUT2D eigenvalue weighted by Crippen LogP contribution is -1.99. The predicted molar refractivity (Wildman–Crippen MR) is 53.7 cm³/mol. The van der Waals surface area contributed by atoms with Crippen LogP contribution in [0.5, 0.6) is 0 Å². The Morgan fingerprint density at radius 3 is 2.62 bits per heavy atom. The molecule has 0 aromatic carbocycles. The summed E-state index contributed by atoms with van der Waals surface area (Å²) in [4.78, 5) is 4.19. The fourth-order valence-corrected chi connectivity index (χ4v) is 1.38. The molecule has 13 heavy (non-hydrogen) atoms. The Kier molecular flexibility index (Phi) is 3.70. The summed E-state index contributed by atoms with van der Waals surface area (Å²) in [5.41, 5.74) is 1.67. The number of halogens is 1. The molecule has 1 aromatic rings. The molecule has 0 aliphatic carbocycles. The molecule has 0 spiro atoms. The minimum absolute atomic E-state index is 0.0478. The first kappa shape index (κ1) is 10.5. The van der Waals surface area contributed by atoms with Crippen molar-refractivity contribution in [3.8, 4) is 0 Å². The Morgan fingerprint density at radius 1 is 1.46 bits per heavy atom. The predicted octanol–water partition coefficient (Wildman–Crippen LogP) is 2.43. The molecule has 3 heteroatoms. The van der Waals surface area contributed by atoms with Crippen molar-refractivity contribution in [3.63, 3.8) is 0 Å². The van der Waals surface area contributed by atoms with Gasteiger partial charge in [0.05, 0.1) is 6.61 Å². The van der Waals surface area contributed by atoms with Gasteiger partial charge in [-0.1, -0.05) is 31.5 Å². The van der Waals surface area contributed by atoms with E-state index in [1.54, 1.807) is 0 Å². The van der Waals surface area contributed by atoms with Gasteiger partial charge in [-0.05, 0) is 18.4 Å². The van der Waals surface area contributed by atoms with Crippen LogP contribution in [0.2, 0.25) is 5.15 Å². The Labute approximate surface area is 83.6 Å². The van der Waals surface area contributed by atoms with Crippen molar-refractivity contribution >= 4 is 11.6 Å². The van der Waals surface area contributed by atoms with Crippen LogP contribution in [0, 0.1) is 5.92 Å². The van der Waals surface area contributed by atoms with Crippen LogP contribution in [0.15, 0.2) is 12.1 Å². The number of aliphatic hydroxyl groups is 1. The van der Waals surface area contributed by atoms with Gasteiger partial charge in [-0.15, -0.1) is 0 Å². The SMILES string of the molecule is CC(C)Cc1ccc(CO)c(Cl)n1.